The van der Waals surface area contributed by atoms with E-state index in [0.29, 0.717) is 6.04 Å². The molecule has 1 heterocycles. The number of nitrogens with zero attached hydrogens (tertiary/aromatic N) is 1. The minimum atomic E-state index is -0.792. The first-order chi connectivity index (χ1) is 10.1. The molecule has 0 bridgehead atoms. The van der Waals surface area contributed by atoms with Gasteiger partial charge < -0.3 is 15.2 Å². The standard InChI is InChI=1S/C16H24N2O3/c1-13(12-18-6-8-21-9-7-18)17-11-15-4-2-14(3-5-15)10-16(19)20/h2-5,13,17H,6-12H2,1H3,(H,19,20). The molecular formula is C16H24N2O3. The van der Waals surface area contributed by atoms with Crippen LogP contribution in [-0.2, 0) is 22.5 Å². The number of hydrogen-bond acceptors (Lipinski definition) is 4. The van der Waals surface area contributed by atoms with Crippen molar-refractivity contribution < 1.29 is 14.6 Å². The van der Waals surface area contributed by atoms with Gasteiger partial charge in [-0.05, 0) is 18.1 Å². The smallest absolute Gasteiger partial charge is 0.307 e. The molecule has 1 saturated heterocycles. The van der Waals surface area contributed by atoms with Crippen molar-refractivity contribution in [1.82, 2.24) is 10.2 Å². The van der Waals surface area contributed by atoms with Gasteiger partial charge in [-0.3, -0.25) is 9.69 Å². The Morgan fingerprint density at radius 2 is 1.90 bits per heavy atom. The summed E-state index contributed by atoms with van der Waals surface area (Å²) in [6, 6.07) is 8.18. The molecule has 0 saturated carbocycles. The quantitative estimate of drug-likeness (QED) is 0.789. The molecule has 1 aliphatic rings. The molecule has 0 spiro atoms. The van der Waals surface area contributed by atoms with Gasteiger partial charge in [-0.15, -0.1) is 0 Å². The van der Waals surface area contributed by atoms with Crippen molar-refractivity contribution in [2.24, 2.45) is 0 Å². The molecule has 0 aliphatic carbocycles. The van der Waals surface area contributed by atoms with E-state index in [1.165, 1.54) is 5.56 Å². The second-order valence-corrected chi connectivity index (χ2v) is 5.58. The number of nitrogens with one attached hydrogen (secondary N) is 1. The average molecular weight is 292 g/mol. The molecule has 1 unspecified atom stereocenters. The van der Waals surface area contributed by atoms with Gasteiger partial charge >= 0.3 is 5.97 Å². The minimum absolute atomic E-state index is 0.0845. The van der Waals surface area contributed by atoms with Crippen LogP contribution < -0.4 is 5.32 Å². The van der Waals surface area contributed by atoms with Crippen LogP contribution in [0.25, 0.3) is 0 Å². The number of aliphatic carboxylic acids is 1. The third-order valence-corrected chi connectivity index (χ3v) is 3.67. The van der Waals surface area contributed by atoms with Crippen LogP contribution >= 0.6 is 0 Å². The molecule has 116 valence electrons. The Balaban J connectivity index is 1.72. The van der Waals surface area contributed by atoms with E-state index in [0.717, 1.165) is 45.0 Å². The van der Waals surface area contributed by atoms with E-state index in [1.807, 2.05) is 24.3 Å². The highest BCUT2D eigenvalue weighted by molar-refractivity contribution is 5.70. The Bertz CT molecular complexity index is 441. The molecule has 1 fully saturated rings. The van der Waals surface area contributed by atoms with E-state index in [2.05, 4.69) is 17.1 Å². The van der Waals surface area contributed by atoms with Crippen LogP contribution in [-0.4, -0.2) is 54.9 Å². The fourth-order valence-electron chi connectivity index (χ4n) is 2.48. The van der Waals surface area contributed by atoms with Gasteiger partial charge in [-0.2, -0.15) is 0 Å². The summed E-state index contributed by atoms with van der Waals surface area (Å²) in [4.78, 5) is 13.0. The van der Waals surface area contributed by atoms with E-state index in [4.69, 9.17) is 9.84 Å². The molecule has 5 heteroatoms. The van der Waals surface area contributed by atoms with E-state index in [9.17, 15) is 4.79 Å². The molecule has 2 N–H and O–H groups in total. The van der Waals surface area contributed by atoms with Gasteiger partial charge in [0.25, 0.3) is 0 Å². The first kappa shape index (κ1) is 15.9. The number of ether oxygens (including phenoxy) is 1. The van der Waals surface area contributed by atoms with Crippen molar-refractivity contribution in [2.75, 3.05) is 32.8 Å². The Morgan fingerprint density at radius 3 is 2.52 bits per heavy atom. The lowest BCUT2D eigenvalue weighted by atomic mass is 10.1. The first-order valence-corrected chi connectivity index (χ1v) is 7.46. The molecule has 1 atom stereocenters. The second-order valence-electron chi connectivity index (χ2n) is 5.58. The number of hydrogen-bond donors (Lipinski definition) is 2. The number of carbonyl (C=O) groups is 1. The van der Waals surface area contributed by atoms with Crippen molar-refractivity contribution in [3.8, 4) is 0 Å². The summed E-state index contributed by atoms with van der Waals surface area (Å²) in [5.41, 5.74) is 2.02. The number of carboxylic acids is 1. The molecule has 21 heavy (non-hydrogen) atoms. The fourth-order valence-corrected chi connectivity index (χ4v) is 2.48. The van der Waals surface area contributed by atoms with E-state index >= 15 is 0 Å². The molecule has 0 aromatic heterocycles. The van der Waals surface area contributed by atoms with Crippen molar-refractivity contribution >= 4 is 5.97 Å². The van der Waals surface area contributed by atoms with Gasteiger partial charge in [-0.25, -0.2) is 0 Å². The van der Waals surface area contributed by atoms with Gasteiger partial charge in [0.2, 0.25) is 0 Å². The number of morpholine rings is 1. The Hall–Kier alpha value is -1.43. The Kier molecular flexibility index (Phi) is 6.17. The predicted molar refractivity (Wildman–Crippen MR) is 81.3 cm³/mol. The summed E-state index contributed by atoms with van der Waals surface area (Å²) in [5, 5.41) is 12.2. The third-order valence-electron chi connectivity index (χ3n) is 3.67. The lowest BCUT2D eigenvalue weighted by Gasteiger charge is -2.29. The summed E-state index contributed by atoms with van der Waals surface area (Å²) in [7, 11) is 0. The first-order valence-electron chi connectivity index (χ1n) is 7.46. The maximum absolute atomic E-state index is 10.6. The molecule has 1 aromatic rings. The molecule has 1 aliphatic heterocycles. The highest BCUT2D eigenvalue weighted by Crippen LogP contribution is 2.06. The zero-order chi connectivity index (χ0) is 15.1. The van der Waals surface area contributed by atoms with E-state index in [-0.39, 0.29) is 6.42 Å². The summed E-state index contributed by atoms with van der Waals surface area (Å²) in [6.45, 7) is 7.70. The summed E-state index contributed by atoms with van der Waals surface area (Å²) >= 11 is 0. The van der Waals surface area contributed by atoms with Crippen molar-refractivity contribution in [2.45, 2.75) is 25.9 Å². The minimum Gasteiger partial charge on any atom is -0.481 e. The highest BCUT2D eigenvalue weighted by Gasteiger charge is 2.13. The SMILES string of the molecule is CC(CN1CCOCC1)NCc1ccc(CC(=O)O)cc1. The highest BCUT2D eigenvalue weighted by atomic mass is 16.5. The van der Waals surface area contributed by atoms with Gasteiger partial charge in [0.15, 0.2) is 0 Å². The Morgan fingerprint density at radius 1 is 1.29 bits per heavy atom. The lowest BCUT2D eigenvalue weighted by molar-refractivity contribution is -0.136. The van der Waals surface area contributed by atoms with Crippen LogP contribution in [0.4, 0.5) is 0 Å². The number of rotatable bonds is 7. The average Bonchev–Trinajstić information content (AvgIpc) is 2.47. The van der Waals surface area contributed by atoms with Crippen LogP contribution in [0.2, 0.25) is 0 Å². The van der Waals surface area contributed by atoms with E-state index in [1.54, 1.807) is 0 Å². The van der Waals surface area contributed by atoms with Crippen LogP contribution in [0.3, 0.4) is 0 Å². The summed E-state index contributed by atoms with van der Waals surface area (Å²) in [5.74, 6) is -0.792. The normalized spacial score (nSPS) is 17.6. The Labute approximate surface area is 125 Å². The largest absolute Gasteiger partial charge is 0.481 e. The third kappa shape index (κ3) is 5.83. The zero-order valence-corrected chi connectivity index (χ0v) is 12.5. The van der Waals surface area contributed by atoms with Crippen molar-refractivity contribution in [1.29, 1.82) is 0 Å². The lowest BCUT2D eigenvalue weighted by Crippen LogP contribution is -2.44. The fraction of sp³-hybridized carbons (Fsp3) is 0.562. The van der Waals surface area contributed by atoms with Crippen LogP contribution in [0.1, 0.15) is 18.1 Å². The number of benzene rings is 1. The summed E-state index contributed by atoms with van der Waals surface area (Å²) in [6.07, 6.45) is 0.0845. The summed E-state index contributed by atoms with van der Waals surface area (Å²) < 4.78 is 5.35. The van der Waals surface area contributed by atoms with Gasteiger partial charge in [0, 0.05) is 32.2 Å². The maximum Gasteiger partial charge on any atom is 0.307 e. The van der Waals surface area contributed by atoms with Crippen LogP contribution in [0, 0.1) is 0 Å². The molecule has 5 nitrogen and oxygen atoms in total. The topological polar surface area (TPSA) is 61.8 Å². The van der Waals surface area contributed by atoms with Crippen LogP contribution in [0.5, 0.6) is 0 Å². The molecule has 0 radical (unpaired) electrons. The van der Waals surface area contributed by atoms with E-state index < -0.39 is 5.97 Å². The number of carboxylic acid groups (broad SMARTS) is 1. The monoisotopic (exact) mass is 292 g/mol. The van der Waals surface area contributed by atoms with Gasteiger partial charge in [0.1, 0.15) is 0 Å². The predicted octanol–water partition coefficient (Wildman–Crippen LogP) is 1.12. The van der Waals surface area contributed by atoms with Crippen molar-refractivity contribution in [3.05, 3.63) is 35.4 Å². The zero-order valence-electron chi connectivity index (χ0n) is 12.5. The van der Waals surface area contributed by atoms with Gasteiger partial charge in [-0.1, -0.05) is 24.3 Å². The van der Waals surface area contributed by atoms with Gasteiger partial charge in [0.05, 0.1) is 19.6 Å². The second kappa shape index (κ2) is 8.12. The molecule has 0 amide bonds. The molecule has 1 aromatic carbocycles. The molecular weight excluding hydrogens is 268 g/mol. The molecule has 2 rings (SSSR count). The van der Waals surface area contributed by atoms with Crippen LogP contribution in [0.15, 0.2) is 24.3 Å². The maximum atomic E-state index is 10.6. The van der Waals surface area contributed by atoms with Crippen molar-refractivity contribution in [3.63, 3.8) is 0 Å².